The van der Waals surface area contributed by atoms with Crippen LogP contribution in [0.1, 0.15) is 5.56 Å². The molecule has 7 aromatic rings. The van der Waals surface area contributed by atoms with Gasteiger partial charge in [0.1, 0.15) is 19.1 Å². The van der Waals surface area contributed by atoms with E-state index >= 15 is 0 Å². The number of aryl methyl sites for hydroxylation is 1. The quantitative estimate of drug-likeness (QED) is 0.0730. The molecule has 0 aliphatic heterocycles. The van der Waals surface area contributed by atoms with E-state index < -0.39 is 69.0 Å². The molecule has 0 saturated carbocycles. The van der Waals surface area contributed by atoms with Crippen molar-refractivity contribution in [2.24, 2.45) is 0 Å². The predicted octanol–water partition coefficient (Wildman–Crippen LogP) is 3.85. The molecule has 0 aliphatic rings. The molecule has 0 fully saturated rings. The summed E-state index contributed by atoms with van der Waals surface area (Å²) in [4.78, 5) is 0. The minimum absolute atomic E-state index is 0.00672. The third-order valence-corrected chi connectivity index (χ3v) is 9.50. The summed E-state index contributed by atoms with van der Waals surface area (Å²) < 4.78 is 1.43. The van der Waals surface area contributed by atoms with Crippen molar-refractivity contribution in [2.45, 2.75) is 6.92 Å². The van der Waals surface area contributed by atoms with Gasteiger partial charge in [0.25, 0.3) is 0 Å². The van der Waals surface area contributed by atoms with Crippen molar-refractivity contribution >= 4 is 66.6 Å². The summed E-state index contributed by atoms with van der Waals surface area (Å²) in [5.41, 5.74) is 1.79. The van der Waals surface area contributed by atoms with Crippen molar-refractivity contribution in [3.8, 4) is 85.8 Å². The summed E-state index contributed by atoms with van der Waals surface area (Å²) in [5, 5.41) is 127. The fraction of sp³-hybridized carbons (Fsp3) is 0.0323. The van der Waals surface area contributed by atoms with Gasteiger partial charge in [0.2, 0.25) is 17.2 Å². The van der Waals surface area contributed by atoms with E-state index in [4.69, 9.17) is 0 Å². The highest BCUT2D eigenvalue weighted by molar-refractivity contribution is 7.27. The maximum Gasteiger partial charge on any atom is 0.205 e. The molecule has 12 N–H and O–H groups in total. The van der Waals surface area contributed by atoms with E-state index in [2.05, 4.69) is 0 Å². The highest BCUT2D eigenvalue weighted by Crippen LogP contribution is 2.60. The Morgan fingerprint density at radius 1 is 0.522 bits per heavy atom. The molecule has 5 aromatic carbocycles. The van der Waals surface area contributed by atoms with Crippen LogP contribution in [0.2, 0.25) is 0 Å². The molecule has 0 radical (unpaired) electrons. The molecule has 2 aromatic heterocycles. The molecule has 0 aliphatic carbocycles. The lowest BCUT2D eigenvalue weighted by Crippen LogP contribution is -2.09. The van der Waals surface area contributed by atoms with Gasteiger partial charge in [-0.15, -0.1) is 11.3 Å². The SMILES string of the molecule is Bc1cc(O)c(O)c2c3c(O)c(O)cc(O)c3n(-c3ccc(-c4c(O)c(O)c(O)c5c4sc4c(O)c(O)c(O)c(O)c45)cc3C)c12. The normalized spacial score (nSPS) is 11.8. The topological polar surface area (TPSA) is 248 Å². The number of fused-ring (bicyclic) bond motifs is 6. The van der Waals surface area contributed by atoms with Gasteiger partial charge < -0.3 is 65.8 Å². The van der Waals surface area contributed by atoms with Crippen LogP contribution in [0.3, 0.4) is 0 Å². The Labute approximate surface area is 260 Å². The third-order valence-electron chi connectivity index (χ3n) is 8.28. The molecule has 13 nitrogen and oxygen atoms in total. The maximum atomic E-state index is 11.0. The largest absolute Gasteiger partial charge is 0.506 e. The first-order valence-electron chi connectivity index (χ1n) is 13.4. The second-order valence-electron chi connectivity index (χ2n) is 10.9. The third kappa shape index (κ3) is 3.39. The van der Waals surface area contributed by atoms with Gasteiger partial charge >= 0.3 is 0 Å². The minimum Gasteiger partial charge on any atom is -0.506 e. The van der Waals surface area contributed by atoms with E-state index in [1.165, 1.54) is 16.7 Å². The van der Waals surface area contributed by atoms with Gasteiger partial charge in [-0.05, 0) is 36.2 Å². The van der Waals surface area contributed by atoms with Crippen molar-refractivity contribution in [2.75, 3.05) is 0 Å². The second-order valence-corrected chi connectivity index (χ2v) is 12.0. The molecule has 7 rings (SSSR count). The first-order valence-corrected chi connectivity index (χ1v) is 14.2. The van der Waals surface area contributed by atoms with Gasteiger partial charge in [-0.25, -0.2) is 0 Å². The zero-order valence-electron chi connectivity index (χ0n) is 23.6. The molecule has 46 heavy (non-hydrogen) atoms. The van der Waals surface area contributed by atoms with Crippen molar-refractivity contribution in [1.29, 1.82) is 0 Å². The highest BCUT2D eigenvalue weighted by Gasteiger charge is 2.30. The van der Waals surface area contributed by atoms with Crippen LogP contribution in [0.15, 0.2) is 30.3 Å². The highest BCUT2D eigenvalue weighted by atomic mass is 32.1. The zero-order valence-corrected chi connectivity index (χ0v) is 24.4. The molecule has 15 heteroatoms. The molecule has 0 spiro atoms. The predicted molar refractivity (Wildman–Crippen MR) is 172 cm³/mol. The van der Waals surface area contributed by atoms with Crippen LogP contribution in [0.25, 0.3) is 58.8 Å². The number of aromatic nitrogens is 1. The molecule has 0 amide bonds. The zero-order chi connectivity index (χ0) is 33.3. The van der Waals surface area contributed by atoms with Crippen molar-refractivity contribution in [1.82, 2.24) is 4.57 Å². The summed E-state index contributed by atoms with van der Waals surface area (Å²) in [6.45, 7) is 1.66. The fourth-order valence-corrected chi connectivity index (χ4v) is 7.53. The summed E-state index contributed by atoms with van der Waals surface area (Å²) in [7, 11) is 1.63. The van der Waals surface area contributed by atoms with Crippen LogP contribution in [-0.2, 0) is 0 Å². The molecule has 0 saturated heterocycles. The monoisotopic (exact) mass is 643 g/mol. The average Bonchev–Trinajstić information content (AvgIpc) is 3.58. The smallest absolute Gasteiger partial charge is 0.205 e. The number of hydrogen-bond acceptors (Lipinski definition) is 13. The lowest BCUT2D eigenvalue weighted by molar-refractivity contribution is 0.351. The van der Waals surface area contributed by atoms with Gasteiger partial charge in [-0.1, -0.05) is 11.5 Å². The molecule has 0 bridgehead atoms. The molecule has 0 unspecified atom stereocenters. The van der Waals surface area contributed by atoms with Crippen LogP contribution in [0, 0.1) is 6.92 Å². The number of hydrogen-bond donors (Lipinski definition) is 12. The molecule has 2 heterocycles. The van der Waals surface area contributed by atoms with Gasteiger partial charge in [0.15, 0.2) is 46.0 Å². The number of aromatic hydroxyl groups is 12. The standard InChI is InChI=1S/C31H22BNO12S/c1-7-4-8(14-23(39)26(42)24(40)17-18-25(41)27(43)28(44)29(45)31(18)46-30(14)17)2-3-10(7)33-19-9(32)5-12(35)21(37)15(19)16-20(33)11(34)6-13(36)22(16)38/h2-6,34-45H,32H2,1H3. The van der Waals surface area contributed by atoms with Crippen LogP contribution >= 0.6 is 11.3 Å². The Hall–Kier alpha value is -6.22. The Morgan fingerprint density at radius 2 is 1.07 bits per heavy atom. The second kappa shape index (κ2) is 9.15. The molecule has 0 atom stereocenters. The van der Waals surface area contributed by atoms with Crippen LogP contribution in [0.5, 0.6) is 69.0 Å². The van der Waals surface area contributed by atoms with E-state index in [-0.39, 0.29) is 53.1 Å². The lowest BCUT2D eigenvalue weighted by Gasteiger charge is -2.16. The number of benzene rings is 5. The Morgan fingerprint density at radius 3 is 1.70 bits per heavy atom. The minimum atomic E-state index is -1.05. The van der Waals surface area contributed by atoms with Gasteiger partial charge in [-0.2, -0.15) is 0 Å². The Kier molecular flexibility index (Phi) is 5.68. The van der Waals surface area contributed by atoms with E-state index in [1.54, 1.807) is 26.9 Å². The summed E-state index contributed by atoms with van der Waals surface area (Å²) in [6.07, 6.45) is 0. The van der Waals surface area contributed by atoms with E-state index in [0.717, 1.165) is 17.4 Å². The number of thiophene rings is 1. The van der Waals surface area contributed by atoms with Gasteiger partial charge in [0, 0.05) is 17.3 Å². The van der Waals surface area contributed by atoms with Crippen LogP contribution < -0.4 is 5.46 Å². The Bertz CT molecular complexity index is 2460. The summed E-state index contributed by atoms with van der Waals surface area (Å²) in [6, 6.07) is 6.87. The number of rotatable bonds is 2. The van der Waals surface area contributed by atoms with Crippen molar-refractivity contribution in [3.05, 3.63) is 35.9 Å². The molecular formula is C31H22BNO12S. The number of phenols is 12. The Balaban J connectivity index is 1.57. The number of phenolic OH excluding ortho intramolecular Hbond substituents is 12. The molecular weight excluding hydrogens is 621 g/mol. The lowest BCUT2D eigenvalue weighted by atomic mass is 9.92. The first kappa shape index (κ1) is 28.5. The van der Waals surface area contributed by atoms with Crippen LogP contribution in [0.4, 0.5) is 0 Å². The maximum absolute atomic E-state index is 11.0. The summed E-state index contributed by atoms with van der Waals surface area (Å²) >= 11 is 0.752. The fourth-order valence-electron chi connectivity index (χ4n) is 6.22. The van der Waals surface area contributed by atoms with Crippen molar-refractivity contribution in [3.63, 3.8) is 0 Å². The van der Waals surface area contributed by atoms with Gasteiger partial charge in [-0.3, -0.25) is 0 Å². The molecule has 232 valence electrons. The number of nitrogens with zero attached hydrogens (tertiary/aromatic N) is 1. The van der Waals surface area contributed by atoms with E-state index in [1.807, 2.05) is 0 Å². The van der Waals surface area contributed by atoms with Gasteiger partial charge in [0.05, 0.1) is 36.5 Å². The van der Waals surface area contributed by atoms with Crippen LogP contribution in [-0.4, -0.2) is 73.7 Å². The average molecular weight is 643 g/mol. The first-order chi connectivity index (χ1) is 21.7. The van der Waals surface area contributed by atoms with E-state index in [0.29, 0.717) is 16.7 Å². The summed E-state index contributed by atoms with van der Waals surface area (Å²) in [5.74, 6) is -9.14. The van der Waals surface area contributed by atoms with E-state index in [9.17, 15) is 61.3 Å². The van der Waals surface area contributed by atoms with Crippen molar-refractivity contribution < 1.29 is 61.3 Å².